The van der Waals surface area contributed by atoms with Gasteiger partial charge in [-0.1, -0.05) is 37.3 Å². The zero-order valence-corrected chi connectivity index (χ0v) is 13.6. The maximum Gasteiger partial charge on any atom is 0.236 e. The van der Waals surface area contributed by atoms with Crippen LogP contribution in [0.2, 0.25) is 0 Å². The lowest BCUT2D eigenvalue weighted by Crippen LogP contribution is -2.30. The van der Waals surface area contributed by atoms with E-state index >= 15 is 0 Å². The Morgan fingerprint density at radius 2 is 2.05 bits per heavy atom. The summed E-state index contributed by atoms with van der Waals surface area (Å²) >= 11 is 0. The van der Waals surface area contributed by atoms with Crippen LogP contribution in [0.5, 0.6) is 0 Å². The number of nitrogens with zero attached hydrogens (tertiary/aromatic N) is 2. The van der Waals surface area contributed by atoms with Gasteiger partial charge in [-0.3, -0.25) is 0 Å². The van der Waals surface area contributed by atoms with Crippen molar-refractivity contribution in [1.82, 2.24) is 9.21 Å². The maximum absolute atomic E-state index is 12.3. The van der Waals surface area contributed by atoms with Crippen molar-refractivity contribution in [2.45, 2.75) is 13.3 Å². The molecule has 0 aromatic heterocycles. The number of benzene rings is 1. The highest BCUT2D eigenvalue weighted by Gasteiger charge is 2.30. The molecule has 1 aromatic carbocycles. The highest BCUT2D eigenvalue weighted by molar-refractivity contribution is 7.92. The highest BCUT2D eigenvalue weighted by Crippen LogP contribution is 2.21. The molecule has 1 heterocycles. The van der Waals surface area contributed by atoms with Crippen LogP contribution in [-0.2, 0) is 10.0 Å². The molecule has 5 heteroatoms. The van der Waals surface area contributed by atoms with E-state index in [1.807, 2.05) is 30.3 Å². The summed E-state index contributed by atoms with van der Waals surface area (Å²) in [5, 5.41) is 1.33. The second kappa shape index (κ2) is 7.20. The van der Waals surface area contributed by atoms with Crippen LogP contribution >= 0.6 is 0 Å². The number of sulfonamides is 1. The Hall–Kier alpha value is -1.17. The van der Waals surface area contributed by atoms with Crippen LogP contribution in [-0.4, -0.2) is 50.8 Å². The smallest absolute Gasteiger partial charge is 0.236 e. The van der Waals surface area contributed by atoms with Crippen molar-refractivity contribution >= 4 is 16.1 Å². The fourth-order valence-corrected chi connectivity index (χ4v) is 3.84. The van der Waals surface area contributed by atoms with Gasteiger partial charge in [-0.2, -0.15) is 4.31 Å². The summed E-state index contributed by atoms with van der Waals surface area (Å²) in [6.07, 6.45) is 2.61. The predicted octanol–water partition coefficient (Wildman–Crippen LogP) is 2.26. The zero-order valence-electron chi connectivity index (χ0n) is 12.8. The minimum atomic E-state index is -3.30. The van der Waals surface area contributed by atoms with Gasteiger partial charge in [-0.25, -0.2) is 8.42 Å². The van der Waals surface area contributed by atoms with Crippen LogP contribution in [0.25, 0.3) is 6.08 Å². The second-order valence-electron chi connectivity index (χ2n) is 5.63. The molecule has 0 spiro atoms. The molecule has 0 unspecified atom stereocenters. The summed E-state index contributed by atoms with van der Waals surface area (Å²) in [7, 11) is -1.22. The molecule has 0 bridgehead atoms. The summed E-state index contributed by atoms with van der Waals surface area (Å²) in [6.45, 7) is 5.34. The molecule has 0 N–H and O–H groups in total. The third-order valence-electron chi connectivity index (χ3n) is 3.95. The molecule has 4 nitrogen and oxygen atoms in total. The fourth-order valence-electron chi connectivity index (χ4n) is 2.56. The molecule has 1 atom stereocenters. The Kier molecular flexibility index (Phi) is 5.56. The molecule has 0 radical (unpaired) electrons. The molecular formula is C16H24N2O2S. The number of hydrogen-bond acceptors (Lipinski definition) is 3. The average Bonchev–Trinajstić information content (AvgIpc) is 2.95. The number of hydrogen-bond donors (Lipinski definition) is 0. The largest absolute Gasteiger partial charge is 0.306 e. The van der Waals surface area contributed by atoms with Crippen LogP contribution in [0.3, 0.4) is 0 Å². The van der Waals surface area contributed by atoms with E-state index in [1.54, 1.807) is 10.4 Å². The molecule has 21 heavy (non-hydrogen) atoms. The first-order valence-electron chi connectivity index (χ1n) is 7.43. The molecule has 1 aliphatic heterocycles. The normalized spacial score (nSPS) is 20.6. The van der Waals surface area contributed by atoms with Crippen molar-refractivity contribution in [2.24, 2.45) is 5.92 Å². The molecule has 1 fully saturated rings. The second-order valence-corrected chi connectivity index (χ2v) is 7.44. The lowest BCUT2D eigenvalue weighted by atomic mass is 10.1. The van der Waals surface area contributed by atoms with E-state index in [2.05, 4.69) is 18.9 Å². The van der Waals surface area contributed by atoms with Gasteiger partial charge in [0.15, 0.2) is 0 Å². The van der Waals surface area contributed by atoms with Crippen molar-refractivity contribution < 1.29 is 8.42 Å². The molecule has 1 aliphatic rings. The van der Waals surface area contributed by atoms with E-state index in [-0.39, 0.29) is 0 Å². The van der Waals surface area contributed by atoms with Crippen LogP contribution < -0.4 is 0 Å². The summed E-state index contributed by atoms with van der Waals surface area (Å²) in [5.41, 5.74) is 0.905. The lowest BCUT2D eigenvalue weighted by Gasteiger charge is -2.19. The van der Waals surface area contributed by atoms with E-state index in [1.165, 1.54) is 5.41 Å². The molecule has 116 valence electrons. The van der Waals surface area contributed by atoms with Crippen LogP contribution in [0.4, 0.5) is 0 Å². The molecular weight excluding hydrogens is 284 g/mol. The SMILES string of the molecule is CCN(C)C[C@H]1CCN(S(=O)(=O)/C=C/c2ccccc2)C1. The van der Waals surface area contributed by atoms with Gasteiger partial charge in [0.1, 0.15) is 0 Å². The van der Waals surface area contributed by atoms with Crippen molar-refractivity contribution in [3.8, 4) is 0 Å². The highest BCUT2D eigenvalue weighted by atomic mass is 32.2. The van der Waals surface area contributed by atoms with E-state index in [0.717, 1.165) is 25.1 Å². The molecule has 1 aromatic rings. The van der Waals surface area contributed by atoms with Gasteiger partial charge in [-0.05, 0) is 37.6 Å². The van der Waals surface area contributed by atoms with Gasteiger partial charge in [0.2, 0.25) is 10.0 Å². The summed E-state index contributed by atoms with van der Waals surface area (Å²) in [4.78, 5) is 2.24. The van der Waals surface area contributed by atoms with E-state index < -0.39 is 10.0 Å². The maximum atomic E-state index is 12.3. The van der Waals surface area contributed by atoms with Gasteiger partial charge >= 0.3 is 0 Å². The van der Waals surface area contributed by atoms with Crippen molar-refractivity contribution in [1.29, 1.82) is 0 Å². The first-order valence-corrected chi connectivity index (χ1v) is 8.93. The van der Waals surface area contributed by atoms with Crippen LogP contribution in [0.15, 0.2) is 35.7 Å². The minimum Gasteiger partial charge on any atom is -0.306 e. The third-order valence-corrected chi connectivity index (χ3v) is 5.48. The minimum absolute atomic E-state index is 0.440. The molecule has 1 saturated heterocycles. The van der Waals surface area contributed by atoms with E-state index in [9.17, 15) is 8.42 Å². The van der Waals surface area contributed by atoms with Crippen molar-refractivity contribution in [2.75, 3.05) is 33.2 Å². The zero-order chi connectivity index (χ0) is 15.3. The Balaban J connectivity index is 1.96. The van der Waals surface area contributed by atoms with Crippen LogP contribution in [0.1, 0.15) is 18.9 Å². The summed E-state index contributed by atoms with van der Waals surface area (Å²) in [5.74, 6) is 0.440. The fraction of sp³-hybridized carbons (Fsp3) is 0.500. The first kappa shape index (κ1) is 16.2. The Morgan fingerprint density at radius 1 is 1.33 bits per heavy atom. The number of rotatable bonds is 6. The van der Waals surface area contributed by atoms with Crippen molar-refractivity contribution in [3.63, 3.8) is 0 Å². The Bertz CT molecular complexity index is 569. The summed E-state index contributed by atoms with van der Waals surface area (Å²) < 4.78 is 26.3. The van der Waals surface area contributed by atoms with Crippen molar-refractivity contribution in [3.05, 3.63) is 41.3 Å². The molecule has 0 aliphatic carbocycles. The molecule has 0 amide bonds. The third kappa shape index (κ3) is 4.66. The lowest BCUT2D eigenvalue weighted by molar-refractivity contribution is 0.293. The van der Waals surface area contributed by atoms with Gasteiger partial charge in [0.25, 0.3) is 0 Å². The van der Waals surface area contributed by atoms with E-state index in [4.69, 9.17) is 0 Å². The van der Waals surface area contributed by atoms with Gasteiger partial charge in [0.05, 0.1) is 0 Å². The van der Waals surface area contributed by atoms with Gasteiger partial charge < -0.3 is 4.90 Å². The van der Waals surface area contributed by atoms with Crippen LogP contribution in [0, 0.1) is 5.92 Å². The quantitative estimate of drug-likeness (QED) is 0.809. The van der Waals surface area contributed by atoms with E-state index in [0.29, 0.717) is 19.0 Å². The Morgan fingerprint density at radius 3 is 2.71 bits per heavy atom. The first-order chi connectivity index (χ1) is 10.0. The standard InChI is InChI=1S/C16H24N2O2S/c1-3-17(2)13-16-9-11-18(14-16)21(19,20)12-10-15-7-5-4-6-8-15/h4-8,10,12,16H,3,9,11,13-14H2,1-2H3/b12-10+/t16-/m1/s1. The monoisotopic (exact) mass is 308 g/mol. The Labute approximate surface area is 128 Å². The average molecular weight is 308 g/mol. The topological polar surface area (TPSA) is 40.6 Å². The van der Waals surface area contributed by atoms with Gasteiger partial charge in [-0.15, -0.1) is 0 Å². The molecule has 2 rings (SSSR count). The molecule has 0 saturated carbocycles. The summed E-state index contributed by atoms with van der Waals surface area (Å²) in [6, 6.07) is 9.52. The van der Waals surface area contributed by atoms with Gasteiger partial charge in [0, 0.05) is 25.0 Å². The predicted molar refractivity (Wildman–Crippen MR) is 87.2 cm³/mol.